The first-order chi connectivity index (χ1) is 16.1. The van der Waals surface area contributed by atoms with Crippen molar-refractivity contribution in [3.05, 3.63) is 57.7 Å². The molecular weight excluding hydrogens is 458 g/mol. The molecule has 0 spiro atoms. The van der Waals surface area contributed by atoms with E-state index in [0.29, 0.717) is 18.9 Å². The third kappa shape index (κ3) is 5.43. The fourth-order valence-electron chi connectivity index (χ4n) is 4.35. The van der Waals surface area contributed by atoms with Gasteiger partial charge in [0, 0.05) is 24.1 Å². The van der Waals surface area contributed by atoms with Crippen molar-refractivity contribution in [3.63, 3.8) is 0 Å². The largest absolute Gasteiger partial charge is 0.460 e. The van der Waals surface area contributed by atoms with Gasteiger partial charge < -0.3 is 19.5 Å². The van der Waals surface area contributed by atoms with Crippen LogP contribution in [0.15, 0.2) is 40.7 Å². The molecule has 1 aliphatic carbocycles. The number of allylic oxidation sites excluding steroid dienone is 2. The summed E-state index contributed by atoms with van der Waals surface area (Å²) in [5, 5.41) is 2.90. The molecule has 1 fully saturated rings. The van der Waals surface area contributed by atoms with E-state index in [4.69, 9.17) is 14.2 Å². The first-order valence-corrected chi connectivity index (χ1v) is 11.0. The summed E-state index contributed by atoms with van der Waals surface area (Å²) < 4.78 is 71.3. The number of benzene rings is 1. The molecule has 0 amide bonds. The molecule has 6 nitrogen and oxygen atoms in total. The van der Waals surface area contributed by atoms with Gasteiger partial charge in [-0.3, -0.25) is 0 Å². The number of carbonyl (C=O) groups excluding carboxylic acids is 2. The third-order valence-corrected chi connectivity index (χ3v) is 5.94. The standard InChI is InChI=1S/C24H27F4NO5/c1-13-18(22(30)33-12-11-32-3)20(16-9-6-10-17(21(16)25)24(26,27)28)19(14(2)29-13)23(31)34-15-7-4-5-8-15/h6,9-10,15,20,29H,4-5,7-8,11-12H2,1-3H3. The monoisotopic (exact) mass is 485 g/mol. The highest BCUT2D eigenvalue weighted by Gasteiger charge is 2.42. The SMILES string of the molecule is COCCOC(=O)C1=C(C)NC(C)=C(C(=O)OC2CCCC2)C1c1cccc(C(F)(F)F)c1F. The minimum absolute atomic E-state index is 0.0829. The van der Waals surface area contributed by atoms with Gasteiger partial charge in [-0.25, -0.2) is 14.0 Å². The third-order valence-electron chi connectivity index (χ3n) is 5.94. The number of ether oxygens (including phenoxy) is 3. The van der Waals surface area contributed by atoms with Crippen molar-refractivity contribution in [3.8, 4) is 0 Å². The van der Waals surface area contributed by atoms with Crippen LogP contribution in [0.3, 0.4) is 0 Å². The molecule has 1 atom stereocenters. The van der Waals surface area contributed by atoms with E-state index < -0.39 is 41.0 Å². The number of methoxy groups -OCH3 is 1. The van der Waals surface area contributed by atoms with Gasteiger partial charge in [0.1, 0.15) is 18.5 Å². The summed E-state index contributed by atoms with van der Waals surface area (Å²) in [7, 11) is 1.41. The van der Waals surface area contributed by atoms with E-state index >= 15 is 4.39 Å². The average Bonchev–Trinajstić information content (AvgIpc) is 3.25. The fraction of sp³-hybridized carbons (Fsp3) is 0.500. The van der Waals surface area contributed by atoms with E-state index in [1.807, 2.05) is 0 Å². The van der Waals surface area contributed by atoms with Gasteiger partial charge in [0.15, 0.2) is 0 Å². The van der Waals surface area contributed by atoms with Crippen LogP contribution in [-0.4, -0.2) is 38.4 Å². The van der Waals surface area contributed by atoms with E-state index in [9.17, 15) is 22.8 Å². The second kappa shape index (κ2) is 10.6. The minimum atomic E-state index is -4.96. The Hall–Kier alpha value is -2.88. The maximum absolute atomic E-state index is 15.3. The zero-order chi connectivity index (χ0) is 25.0. The minimum Gasteiger partial charge on any atom is -0.460 e. The van der Waals surface area contributed by atoms with Crippen molar-refractivity contribution in [2.24, 2.45) is 0 Å². The summed E-state index contributed by atoms with van der Waals surface area (Å²) >= 11 is 0. The second-order valence-electron chi connectivity index (χ2n) is 8.28. The van der Waals surface area contributed by atoms with Gasteiger partial charge in [0.05, 0.1) is 29.2 Å². The number of rotatable bonds is 7. The van der Waals surface area contributed by atoms with Crippen LogP contribution in [-0.2, 0) is 30.0 Å². The molecule has 186 valence electrons. The Labute approximate surface area is 194 Å². The summed E-state index contributed by atoms with van der Waals surface area (Å²) in [6, 6.07) is 2.79. The molecule has 1 heterocycles. The first kappa shape index (κ1) is 25.7. The number of halogens is 4. The normalized spacial score (nSPS) is 19.3. The van der Waals surface area contributed by atoms with E-state index in [0.717, 1.165) is 25.0 Å². The smallest absolute Gasteiger partial charge is 0.419 e. The highest BCUT2D eigenvalue weighted by Crippen LogP contribution is 2.43. The number of alkyl halides is 3. The lowest BCUT2D eigenvalue weighted by Gasteiger charge is -2.31. The number of carbonyl (C=O) groups is 2. The lowest BCUT2D eigenvalue weighted by Crippen LogP contribution is -2.34. The van der Waals surface area contributed by atoms with Crippen LogP contribution in [0.5, 0.6) is 0 Å². The lowest BCUT2D eigenvalue weighted by molar-refractivity contribution is -0.144. The Balaban J connectivity index is 2.12. The van der Waals surface area contributed by atoms with Crippen LogP contribution < -0.4 is 5.32 Å². The predicted octanol–water partition coefficient (Wildman–Crippen LogP) is 4.75. The van der Waals surface area contributed by atoms with Gasteiger partial charge in [-0.2, -0.15) is 13.2 Å². The van der Waals surface area contributed by atoms with Crippen LogP contribution in [0.1, 0.15) is 56.6 Å². The number of hydrogen-bond acceptors (Lipinski definition) is 6. The van der Waals surface area contributed by atoms with E-state index in [2.05, 4.69) is 5.32 Å². The molecule has 1 N–H and O–H groups in total. The number of nitrogens with one attached hydrogen (secondary N) is 1. The first-order valence-electron chi connectivity index (χ1n) is 11.0. The number of esters is 2. The van der Waals surface area contributed by atoms with Crippen molar-refractivity contribution in [1.82, 2.24) is 5.32 Å². The summed E-state index contributed by atoms with van der Waals surface area (Å²) in [4.78, 5) is 26.2. The van der Waals surface area contributed by atoms with Crippen molar-refractivity contribution >= 4 is 11.9 Å². The van der Waals surface area contributed by atoms with E-state index in [-0.39, 0.29) is 41.9 Å². The summed E-state index contributed by atoms with van der Waals surface area (Å²) in [5.41, 5.74) is -1.76. The molecule has 0 bridgehead atoms. The molecule has 1 aromatic rings. The van der Waals surface area contributed by atoms with Gasteiger partial charge in [0.25, 0.3) is 0 Å². The molecule has 10 heteroatoms. The van der Waals surface area contributed by atoms with Gasteiger partial charge >= 0.3 is 18.1 Å². The Morgan fingerprint density at radius 1 is 1.03 bits per heavy atom. The highest BCUT2D eigenvalue weighted by atomic mass is 19.4. The van der Waals surface area contributed by atoms with Crippen LogP contribution >= 0.6 is 0 Å². The molecule has 34 heavy (non-hydrogen) atoms. The molecule has 3 rings (SSSR count). The topological polar surface area (TPSA) is 73.9 Å². The summed E-state index contributed by atoms with van der Waals surface area (Å²) in [6.45, 7) is 2.99. The number of dihydropyridines is 1. The molecule has 0 aromatic heterocycles. The maximum atomic E-state index is 15.3. The predicted molar refractivity (Wildman–Crippen MR) is 114 cm³/mol. The Morgan fingerprint density at radius 2 is 1.65 bits per heavy atom. The van der Waals surface area contributed by atoms with Crippen molar-refractivity contribution < 1.29 is 41.4 Å². The van der Waals surface area contributed by atoms with Crippen LogP contribution in [0.2, 0.25) is 0 Å². The summed E-state index contributed by atoms with van der Waals surface area (Å²) in [6.07, 6.45) is -2.21. The van der Waals surface area contributed by atoms with Gasteiger partial charge in [-0.15, -0.1) is 0 Å². The molecule has 1 saturated carbocycles. The van der Waals surface area contributed by atoms with Crippen LogP contribution in [0, 0.1) is 5.82 Å². The van der Waals surface area contributed by atoms with Crippen molar-refractivity contribution in [2.75, 3.05) is 20.3 Å². The zero-order valence-electron chi connectivity index (χ0n) is 19.2. The second-order valence-corrected chi connectivity index (χ2v) is 8.28. The Bertz CT molecular complexity index is 1010. The van der Waals surface area contributed by atoms with Crippen LogP contribution in [0.25, 0.3) is 0 Å². The molecule has 2 aliphatic rings. The molecule has 1 aromatic carbocycles. The number of hydrogen-bond donors (Lipinski definition) is 1. The lowest BCUT2D eigenvalue weighted by atomic mass is 9.79. The molecule has 1 aliphatic heterocycles. The summed E-state index contributed by atoms with van der Waals surface area (Å²) in [5.74, 6) is -4.72. The molecule has 1 unspecified atom stereocenters. The maximum Gasteiger partial charge on any atom is 0.419 e. The van der Waals surface area contributed by atoms with E-state index in [1.54, 1.807) is 0 Å². The van der Waals surface area contributed by atoms with Crippen molar-refractivity contribution in [2.45, 2.75) is 57.7 Å². The molecule has 0 radical (unpaired) electrons. The van der Waals surface area contributed by atoms with E-state index in [1.165, 1.54) is 21.0 Å². The quantitative estimate of drug-likeness (QED) is 0.341. The zero-order valence-corrected chi connectivity index (χ0v) is 19.2. The van der Waals surface area contributed by atoms with Gasteiger partial charge in [0.2, 0.25) is 0 Å². The highest BCUT2D eigenvalue weighted by molar-refractivity contribution is 6.00. The fourth-order valence-corrected chi connectivity index (χ4v) is 4.35. The Morgan fingerprint density at radius 3 is 2.24 bits per heavy atom. The van der Waals surface area contributed by atoms with Crippen molar-refractivity contribution in [1.29, 1.82) is 0 Å². The van der Waals surface area contributed by atoms with Crippen LogP contribution in [0.4, 0.5) is 17.6 Å². The van der Waals surface area contributed by atoms with Gasteiger partial charge in [-0.05, 0) is 45.6 Å². The molecule has 0 saturated heterocycles. The Kier molecular flexibility index (Phi) is 8.01. The van der Waals surface area contributed by atoms with Gasteiger partial charge in [-0.1, -0.05) is 12.1 Å². The average molecular weight is 485 g/mol. The molecular formula is C24H27F4NO5.